The summed E-state index contributed by atoms with van der Waals surface area (Å²) in [5, 5.41) is 20.0. The summed E-state index contributed by atoms with van der Waals surface area (Å²) in [6.07, 6.45) is 0. The van der Waals surface area contributed by atoms with Gasteiger partial charge >= 0.3 is 11.9 Å². The van der Waals surface area contributed by atoms with Crippen molar-refractivity contribution in [1.29, 1.82) is 10.5 Å². The largest absolute Gasteiger partial charge is 0.497 e. The van der Waals surface area contributed by atoms with Crippen LogP contribution in [-0.2, 0) is 19.1 Å². The topological polar surface area (TPSA) is 125 Å². The molecule has 1 aliphatic rings. The lowest BCUT2D eigenvalue weighted by molar-refractivity contribution is -0.150. The van der Waals surface area contributed by atoms with Crippen molar-refractivity contribution in [3.63, 3.8) is 0 Å². The number of nitriles is 2. The van der Waals surface area contributed by atoms with Crippen molar-refractivity contribution in [1.82, 2.24) is 9.80 Å². The Bertz CT molecular complexity index is 1100. The van der Waals surface area contributed by atoms with Gasteiger partial charge in [-0.25, -0.2) is 0 Å². The van der Waals surface area contributed by atoms with E-state index in [9.17, 15) is 20.1 Å². The molecule has 1 heterocycles. The van der Waals surface area contributed by atoms with Crippen molar-refractivity contribution in [3.8, 4) is 23.6 Å². The molecule has 0 spiro atoms. The summed E-state index contributed by atoms with van der Waals surface area (Å²) in [7, 11) is 3.15. The average molecular weight is 549 g/mol. The molecule has 0 aromatic heterocycles. The molecule has 1 fully saturated rings. The third kappa shape index (κ3) is 7.09. The average Bonchev–Trinajstić information content (AvgIpc) is 2.99. The second-order valence-corrected chi connectivity index (χ2v) is 9.23. The Morgan fingerprint density at radius 1 is 0.700 bits per heavy atom. The molecule has 0 radical (unpaired) electrons. The minimum Gasteiger partial charge on any atom is -0.497 e. The lowest BCUT2D eigenvalue weighted by Gasteiger charge is -2.43. The maximum absolute atomic E-state index is 12.8. The van der Waals surface area contributed by atoms with Gasteiger partial charge in [0.1, 0.15) is 11.5 Å². The van der Waals surface area contributed by atoms with Gasteiger partial charge in [-0.2, -0.15) is 10.5 Å². The number of hydrogen-bond acceptors (Lipinski definition) is 10. The van der Waals surface area contributed by atoms with Crippen LogP contribution < -0.4 is 9.47 Å². The summed E-state index contributed by atoms with van der Waals surface area (Å²) in [6.45, 7) is 5.72. The number of carbonyl (C=O) groups is 2. The smallest absolute Gasteiger partial charge is 0.325 e. The normalized spacial score (nSPS) is 16.9. The molecule has 0 saturated carbocycles. The van der Waals surface area contributed by atoms with Crippen LogP contribution in [-0.4, -0.2) is 75.4 Å². The van der Waals surface area contributed by atoms with E-state index in [1.54, 1.807) is 52.3 Å². The standard InChI is InChI=1S/C30H36N4O6/c1-5-39-29(35)25(19-31)27(21-7-11-23(37-3)12-8-21)33-15-17-34(18-16-33)28(26(20-32)30(36)40-6-2)22-9-13-24(38-4)14-10-22/h7-14,25-28H,5-6,15-18H2,1-4H3/t25-,26+,27-,28-/m0/s1. The van der Waals surface area contributed by atoms with E-state index in [1.165, 1.54) is 0 Å². The summed E-state index contributed by atoms with van der Waals surface area (Å²) in [5.41, 5.74) is 1.59. The predicted octanol–water partition coefficient (Wildman–Crippen LogP) is 3.51. The van der Waals surface area contributed by atoms with Crippen LogP contribution in [0.5, 0.6) is 11.5 Å². The number of ether oxygens (including phenoxy) is 4. The van der Waals surface area contributed by atoms with Gasteiger partial charge in [0.05, 0.1) is 51.7 Å². The van der Waals surface area contributed by atoms with Crippen LogP contribution in [0.2, 0.25) is 0 Å². The number of hydrogen-bond donors (Lipinski definition) is 0. The van der Waals surface area contributed by atoms with Gasteiger partial charge in [-0.3, -0.25) is 19.4 Å². The first-order valence-corrected chi connectivity index (χ1v) is 13.3. The van der Waals surface area contributed by atoms with Gasteiger partial charge in [0.25, 0.3) is 0 Å². The van der Waals surface area contributed by atoms with Gasteiger partial charge in [0.2, 0.25) is 0 Å². The van der Waals surface area contributed by atoms with Crippen molar-refractivity contribution in [2.75, 3.05) is 53.6 Å². The molecule has 0 unspecified atom stereocenters. The number of esters is 2. The van der Waals surface area contributed by atoms with Crippen molar-refractivity contribution < 1.29 is 28.5 Å². The van der Waals surface area contributed by atoms with Gasteiger partial charge < -0.3 is 18.9 Å². The fourth-order valence-corrected chi connectivity index (χ4v) is 5.09. The Morgan fingerprint density at radius 3 is 1.27 bits per heavy atom. The first-order valence-electron chi connectivity index (χ1n) is 13.3. The zero-order valence-electron chi connectivity index (χ0n) is 23.4. The van der Waals surface area contributed by atoms with Gasteiger partial charge in [-0.1, -0.05) is 24.3 Å². The second-order valence-electron chi connectivity index (χ2n) is 9.23. The Morgan fingerprint density at radius 2 is 1.02 bits per heavy atom. The zero-order chi connectivity index (χ0) is 29.1. The fourth-order valence-electron chi connectivity index (χ4n) is 5.09. The molecule has 3 rings (SSSR count). The van der Waals surface area contributed by atoms with E-state index in [4.69, 9.17) is 18.9 Å². The van der Waals surface area contributed by atoms with Gasteiger partial charge in [-0.05, 0) is 49.2 Å². The Kier molecular flexibility index (Phi) is 11.3. The van der Waals surface area contributed by atoms with E-state index < -0.39 is 35.9 Å². The third-order valence-corrected chi connectivity index (χ3v) is 7.04. The van der Waals surface area contributed by atoms with Gasteiger partial charge in [0, 0.05) is 26.2 Å². The molecule has 1 saturated heterocycles. The highest BCUT2D eigenvalue weighted by molar-refractivity contribution is 5.77. The molecule has 0 amide bonds. The molecule has 212 valence electrons. The predicted molar refractivity (Wildman–Crippen MR) is 146 cm³/mol. The second kappa shape index (κ2) is 14.9. The molecular weight excluding hydrogens is 512 g/mol. The van der Waals surface area contributed by atoms with E-state index in [1.807, 2.05) is 24.3 Å². The highest BCUT2D eigenvalue weighted by Gasteiger charge is 2.41. The molecule has 0 bridgehead atoms. The van der Waals surface area contributed by atoms with Crippen LogP contribution in [0.25, 0.3) is 0 Å². The van der Waals surface area contributed by atoms with E-state index >= 15 is 0 Å². The van der Waals surface area contributed by atoms with Crippen LogP contribution in [0, 0.1) is 34.5 Å². The number of piperazine rings is 1. The first kappa shape index (κ1) is 30.4. The Hall–Kier alpha value is -4.12. The van der Waals surface area contributed by atoms with Crippen molar-refractivity contribution >= 4 is 11.9 Å². The molecule has 0 N–H and O–H groups in total. The quantitative estimate of drug-likeness (QED) is 0.364. The number of rotatable bonds is 12. The molecule has 0 aliphatic carbocycles. The Labute approximate surface area is 235 Å². The zero-order valence-corrected chi connectivity index (χ0v) is 23.4. The minimum absolute atomic E-state index is 0.174. The summed E-state index contributed by atoms with van der Waals surface area (Å²) in [6, 6.07) is 17.8. The van der Waals surface area contributed by atoms with E-state index in [0.717, 1.165) is 11.1 Å². The van der Waals surface area contributed by atoms with E-state index in [0.29, 0.717) is 37.7 Å². The highest BCUT2D eigenvalue weighted by atomic mass is 16.5. The van der Waals surface area contributed by atoms with E-state index in [2.05, 4.69) is 21.9 Å². The molecule has 10 nitrogen and oxygen atoms in total. The van der Waals surface area contributed by atoms with Crippen LogP contribution >= 0.6 is 0 Å². The molecule has 40 heavy (non-hydrogen) atoms. The maximum atomic E-state index is 12.8. The molecule has 4 atom stereocenters. The summed E-state index contributed by atoms with van der Waals surface area (Å²) in [5.74, 6) is -1.89. The highest BCUT2D eigenvalue weighted by Crippen LogP contribution is 2.36. The molecule has 2 aromatic rings. The van der Waals surface area contributed by atoms with Crippen molar-refractivity contribution in [2.45, 2.75) is 25.9 Å². The summed E-state index contributed by atoms with van der Waals surface area (Å²) < 4.78 is 21.1. The summed E-state index contributed by atoms with van der Waals surface area (Å²) >= 11 is 0. The van der Waals surface area contributed by atoms with Crippen LogP contribution in [0.1, 0.15) is 37.1 Å². The number of methoxy groups -OCH3 is 2. The molecular formula is C30H36N4O6. The fraction of sp³-hybridized carbons (Fsp3) is 0.467. The third-order valence-electron chi connectivity index (χ3n) is 7.04. The monoisotopic (exact) mass is 548 g/mol. The van der Waals surface area contributed by atoms with Gasteiger partial charge in [-0.15, -0.1) is 0 Å². The van der Waals surface area contributed by atoms with E-state index in [-0.39, 0.29) is 13.2 Å². The van der Waals surface area contributed by atoms with Crippen LogP contribution in [0.4, 0.5) is 0 Å². The number of nitrogens with zero attached hydrogens (tertiary/aromatic N) is 4. The molecule has 10 heteroatoms. The maximum Gasteiger partial charge on any atom is 0.325 e. The number of benzene rings is 2. The molecule has 1 aliphatic heterocycles. The molecule has 2 aromatic carbocycles. The van der Waals surface area contributed by atoms with Crippen molar-refractivity contribution in [2.24, 2.45) is 11.8 Å². The lowest BCUT2D eigenvalue weighted by Crippen LogP contribution is -2.52. The van der Waals surface area contributed by atoms with Crippen molar-refractivity contribution in [3.05, 3.63) is 59.7 Å². The summed E-state index contributed by atoms with van der Waals surface area (Å²) in [4.78, 5) is 29.8. The SMILES string of the molecule is CCOC(=O)[C@@H](C#N)[C@H](c1ccc(OC)cc1)N1CCN([C@@H](c2ccc(OC)cc2)[C@@H](C#N)C(=O)OCC)CC1. The van der Waals surface area contributed by atoms with Gasteiger partial charge in [0.15, 0.2) is 11.8 Å². The lowest BCUT2D eigenvalue weighted by atomic mass is 9.90. The first-order chi connectivity index (χ1) is 19.4. The number of carbonyl (C=O) groups excluding carboxylic acids is 2. The van der Waals surface area contributed by atoms with Crippen LogP contribution in [0.15, 0.2) is 48.5 Å². The Balaban J connectivity index is 1.92. The minimum atomic E-state index is -1.04. The van der Waals surface area contributed by atoms with Crippen LogP contribution in [0.3, 0.4) is 0 Å².